The van der Waals surface area contributed by atoms with Crippen molar-refractivity contribution in [1.29, 1.82) is 0 Å². The number of aromatic nitrogens is 4. The van der Waals surface area contributed by atoms with Gasteiger partial charge >= 0.3 is 0 Å². The van der Waals surface area contributed by atoms with Crippen LogP contribution >= 0.6 is 23.1 Å². The van der Waals surface area contributed by atoms with Crippen molar-refractivity contribution in [2.45, 2.75) is 30.8 Å². The number of nitrogens with one attached hydrogen (secondary N) is 1. The predicted molar refractivity (Wildman–Crippen MR) is 141 cm³/mol. The number of thioether (sulfide) groups is 1. The number of anilines is 1. The highest BCUT2D eigenvalue weighted by Crippen LogP contribution is 2.39. The monoisotopic (exact) mass is 501 g/mol. The topological polar surface area (TPSA) is 81.4 Å². The molecule has 176 valence electrons. The summed E-state index contributed by atoms with van der Waals surface area (Å²) in [5.74, 6) is 1.64. The zero-order valence-corrected chi connectivity index (χ0v) is 20.8. The number of carbonyl (C=O) groups is 1. The van der Waals surface area contributed by atoms with Crippen LogP contribution in [0.3, 0.4) is 0 Å². The van der Waals surface area contributed by atoms with Crippen molar-refractivity contribution in [3.05, 3.63) is 65.0 Å². The maximum absolute atomic E-state index is 12.7. The fraction of sp³-hybridized carbons (Fsp3) is 0.231. The Morgan fingerprint density at radius 3 is 2.69 bits per heavy atom. The number of benzene rings is 2. The standard InChI is InChI=1S/C26H23N5O2S2/c1-33-18-13-11-17(12-14-18)27-21(32)15-34-26-30-29-24-22-19-9-5-6-10-20(19)35-25(22)28-23(31(24)26)16-7-3-2-4-8-16/h2-4,7-8,11-14H,5-6,9-10,15H2,1H3,(H,27,32). The summed E-state index contributed by atoms with van der Waals surface area (Å²) in [4.78, 5) is 20.2. The molecule has 6 rings (SSSR count). The van der Waals surface area contributed by atoms with Crippen molar-refractivity contribution >= 4 is 50.6 Å². The quantitative estimate of drug-likeness (QED) is 0.304. The number of rotatable bonds is 6. The van der Waals surface area contributed by atoms with Gasteiger partial charge in [-0.2, -0.15) is 0 Å². The minimum atomic E-state index is -0.111. The van der Waals surface area contributed by atoms with Crippen molar-refractivity contribution in [3.63, 3.8) is 0 Å². The lowest BCUT2D eigenvalue weighted by atomic mass is 9.97. The number of carbonyl (C=O) groups excluding carboxylic acids is 1. The van der Waals surface area contributed by atoms with Crippen LogP contribution in [-0.4, -0.2) is 38.4 Å². The van der Waals surface area contributed by atoms with Gasteiger partial charge in [-0.1, -0.05) is 42.1 Å². The van der Waals surface area contributed by atoms with Crippen LogP contribution in [0.5, 0.6) is 5.75 Å². The molecule has 1 N–H and O–H groups in total. The van der Waals surface area contributed by atoms with Crippen LogP contribution in [-0.2, 0) is 17.6 Å². The molecule has 0 spiro atoms. The fourth-order valence-electron chi connectivity index (χ4n) is 4.51. The molecule has 0 bridgehead atoms. The summed E-state index contributed by atoms with van der Waals surface area (Å²) in [7, 11) is 1.62. The van der Waals surface area contributed by atoms with E-state index in [1.54, 1.807) is 18.4 Å². The Morgan fingerprint density at radius 1 is 1.09 bits per heavy atom. The van der Waals surface area contributed by atoms with Crippen LogP contribution in [0.25, 0.3) is 27.3 Å². The lowest BCUT2D eigenvalue weighted by molar-refractivity contribution is -0.113. The number of aryl methyl sites for hydroxylation is 2. The molecule has 0 atom stereocenters. The highest BCUT2D eigenvalue weighted by Gasteiger charge is 2.24. The van der Waals surface area contributed by atoms with Gasteiger partial charge in [0.1, 0.15) is 16.4 Å². The predicted octanol–water partition coefficient (Wildman–Crippen LogP) is 5.62. The van der Waals surface area contributed by atoms with Crippen LogP contribution in [0.1, 0.15) is 23.3 Å². The molecule has 3 heterocycles. The van der Waals surface area contributed by atoms with Gasteiger partial charge in [0.25, 0.3) is 0 Å². The van der Waals surface area contributed by atoms with E-state index in [0.29, 0.717) is 5.16 Å². The van der Waals surface area contributed by atoms with E-state index in [2.05, 4.69) is 15.5 Å². The lowest BCUT2D eigenvalue weighted by Gasteiger charge is -2.11. The second kappa shape index (κ2) is 9.31. The first kappa shape index (κ1) is 22.1. The van der Waals surface area contributed by atoms with Gasteiger partial charge in [0.15, 0.2) is 10.8 Å². The van der Waals surface area contributed by atoms with Crippen molar-refractivity contribution in [2.24, 2.45) is 0 Å². The Labute approximate surface area is 210 Å². The van der Waals surface area contributed by atoms with E-state index in [-0.39, 0.29) is 11.7 Å². The molecule has 3 aromatic heterocycles. The summed E-state index contributed by atoms with van der Waals surface area (Å²) in [6.07, 6.45) is 4.56. The van der Waals surface area contributed by atoms with E-state index in [4.69, 9.17) is 9.72 Å². The third-order valence-electron chi connectivity index (χ3n) is 6.17. The van der Waals surface area contributed by atoms with Crippen LogP contribution in [0.4, 0.5) is 5.69 Å². The zero-order chi connectivity index (χ0) is 23.8. The average Bonchev–Trinajstić information content (AvgIpc) is 3.49. The molecule has 5 aromatic rings. The van der Waals surface area contributed by atoms with Gasteiger partial charge in [0.2, 0.25) is 5.91 Å². The molecule has 1 aliphatic rings. The van der Waals surface area contributed by atoms with Crippen molar-refractivity contribution in [2.75, 3.05) is 18.2 Å². The zero-order valence-electron chi connectivity index (χ0n) is 19.2. The molecule has 2 aromatic carbocycles. The number of hydrogen-bond donors (Lipinski definition) is 1. The summed E-state index contributed by atoms with van der Waals surface area (Å²) < 4.78 is 7.20. The Hall–Kier alpha value is -3.43. The number of nitrogens with zero attached hydrogens (tertiary/aromatic N) is 4. The van der Waals surface area contributed by atoms with Crippen LogP contribution < -0.4 is 10.1 Å². The Bertz CT molecular complexity index is 1530. The minimum Gasteiger partial charge on any atom is -0.497 e. The Morgan fingerprint density at radius 2 is 1.89 bits per heavy atom. The second-order valence-corrected chi connectivity index (χ2v) is 10.4. The summed E-state index contributed by atoms with van der Waals surface area (Å²) in [5, 5.41) is 13.8. The SMILES string of the molecule is COc1ccc(NC(=O)CSc2nnc3c4c5c(sc4nc(-c4ccccc4)n23)CCCC5)cc1. The number of thiophene rings is 1. The van der Waals surface area contributed by atoms with E-state index >= 15 is 0 Å². The van der Waals surface area contributed by atoms with Gasteiger partial charge in [0, 0.05) is 16.1 Å². The first-order chi connectivity index (χ1) is 17.2. The normalized spacial score (nSPS) is 13.2. The molecule has 0 aliphatic heterocycles. The molecule has 1 amide bonds. The fourth-order valence-corrected chi connectivity index (χ4v) is 6.49. The highest BCUT2D eigenvalue weighted by atomic mass is 32.2. The van der Waals surface area contributed by atoms with Gasteiger partial charge < -0.3 is 10.1 Å². The maximum atomic E-state index is 12.7. The van der Waals surface area contributed by atoms with Gasteiger partial charge in [-0.25, -0.2) is 4.98 Å². The molecule has 9 heteroatoms. The number of amides is 1. The van der Waals surface area contributed by atoms with Gasteiger partial charge in [0.05, 0.1) is 18.2 Å². The van der Waals surface area contributed by atoms with E-state index in [1.165, 1.54) is 35.0 Å². The van der Waals surface area contributed by atoms with Gasteiger partial charge in [-0.05, 0) is 55.5 Å². The highest BCUT2D eigenvalue weighted by molar-refractivity contribution is 7.99. The molecule has 0 radical (unpaired) electrons. The molecular formula is C26H23N5O2S2. The molecule has 0 fully saturated rings. The van der Waals surface area contributed by atoms with Crippen LogP contribution in [0.2, 0.25) is 0 Å². The third kappa shape index (κ3) is 4.15. The van der Waals surface area contributed by atoms with E-state index in [0.717, 1.165) is 51.5 Å². The molecule has 0 saturated heterocycles. The van der Waals surface area contributed by atoms with Crippen LogP contribution in [0, 0.1) is 0 Å². The number of hydrogen-bond acceptors (Lipinski definition) is 7. The van der Waals surface area contributed by atoms with E-state index in [9.17, 15) is 4.79 Å². The third-order valence-corrected chi connectivity index (χ3v) is 8.28. The number of ether oxygens (including phenoxy) is 1. The summed E-state index contributed by atoms with van der Waals surface area (Å²) in [6, 6.07) is 17.4. The lowest BCUT2D eigenvalue weighted by Crippen LogP contribution is -2.14. The summed E-state index contributed by atoms with van der Waals surface area (Å²) in [6.45, 7) is 0. The van der Waals surface area contributed by atoms with Gasteiger partial charge in [-0.3, -0.25) is 9.20 Å². The maximum Gasteiger partial charge on any atom is 0.234 e. The largest absolute Gasteiger partial charge is 0.497 e. The first-order valence-corrected chi connectivity index (χ1v) is 13.3. The molecule has 35 heavy (non-hydrogen) atoms. The van der Waals surface area contributed by atoms with E-state index in [1.807, 2.05) is 59.0 Å². The molecule has 0 unspecified atom stereocenters. The molecular weight excluding hydrogens is 478 g/mol. The van der Waals surface area contributed by atoms with Crippen molar-refractivity contribution < 1.29 is 9.53 Å². The van der Waals surface area contributed by atoms with Crippen molar-refractivity contribution in [3.8, 4) is 17.1 Å². The molecule has 0 saturated carbocycles. The molecule has 1 aliphatic carbocycles. The van der Waals surface area contributed by atoms with Crippen molar-refractivity contribution in [1.82, 2.24) is 19.6 Å². The summed E-state index contributed by atoms with van der Waals surface area (Å²) in [5.41, 5.74) is 3.91. The minimum absolute atomic E-state index is 0.111. The molecule has 7 nitrogen and oxygen atoms in total. The number of fused-ring (bicyclic) bond motifs is 5. The van der Waals surface area contributed by atoms with Gasteiger partial charge in [-0.15, -0.1) is 21.5 Å². The number of methoxy groups -OCH3 is 1. The smallest absolute Gasteiger partial charge is 0.234 e. The Kier molecular flexibility index (Phi) is 5.87. The Balaban J connectivity index is 1.36. The first-order valence-electron chi connectivity index (χ1n) is 11.5. The van der Waals surface area contributed by atoms with Crippen LogP contribution in [0.15, 0.2) is 59.8 Å². The van der Waals surface area contributed by atoms with E-state index < -0.39 is 0 Å². The summed E-state index contributed by atoms with van der Waals surface area (Å²) >= 11 is 3.15. The second-order valence-electron chi connectivity index (χ2n) is 8.40. The average molecular weight is 502 g/mol.